The van der Waals surface area contributed by atoms with Crippen LogP contribution in [0.4, 0.5) is 0 Å². The van der Waals surface area contributed by atoms with E-state index < -0.39 is 78.5 Å². The summed E-state index contributed by atoms with van der Waals surface area (Å²) in [6, 6.07) is 2.26. The summed E-state index contributed by atoms with van der Waals surface area (Å²) >= 11 is 0. The van der Waals surface area contributed by atoms with Gasteiger partial charge in [-0.3, -0.25) is 4.79 Å². The van der Waals surface area contributed by atoms with Gasteiger partial charge in [0.2, 0.25) is 0 Å². The number of hydrogen-bond acceptors (Lipinski definition) is 3. The third-order valence-corrected chi connectivity index (χ3v) is 5.17. The maximum atomic E-state index is 13.2. The molecule has 27 heavy (non-hydrogen) atoms. The smallest absolute Gasteiger partial charge is 0.133 e. The molecular formula is C24H36O3. The summed E-state index contributed by atoms with van der Waals surface area (Å²) in [6.07, 6.45) is -7.84. The average molecular weight is 387 g/mol. The van der Waals surface area contributed by atoms with Crippen molar-refractivity contribution in [1.82, 2.24) is 0 Å². The fourth-order valence-corrected chi connectivity index (χ4v) is 3.52. The fraction of sp³-hybridized carbons (Fsp3) is 0.708. The Morgan fingerprint density at radius 2 is 2.15 bits per heavy atom. The summed E-state index contributed by atoms with van der Waals surface area (Å²) in [5, 5.41) is 11.3. The van der Waals surface area contributed by atoms with Gasteiger partial charge in [0.15, 0.2) is 0 Å². The number of carbonyl (C=O) groups excluding carboxylic acids is 1. The van der Waals surface area contributed by atoms with Crippen molar-refractivity contribution in [3.8, 4) is 11.5 Å². The van der Waals surface area contributed by atoms with Gasteiger partial charge in [0.1, 0.15) is 22.9 Å². The minimum Gasteiger partial charge on any atom is -0.508 e. The van der Waals surface area contributed by atoms with Crippen LogP contribution in [0, 0.1) is 5.89 Å². The Morgan fingerprint density at radius 3 is 2.85 bits per heavy atom. The number of rotatable bonds is 6. The maximum absolute atomic E-state index is 13.2. The molecule has 1 aliphatic heterocycles. The standard InChI is InChI=1S/C24H36O3/c1-6-7-8-9-12-23(2,3)16-13-20(26)22-18-15-17(25)10-11-19(18)24(4,5)27-21(22)14-16/h13-14,18-19,26H,6-12,15H2,1-5H3/t18-,19-/m1/s1/i4D3,5D3,10D2,11D2,15D2,18D,19D. The van der Waals surface area contributed by atoms with Crippen LogP contribution in [-0.4, -0.2) is 16.5 Å². The van der Waals surface area contributed by atoms with Gasteiger partial charge in [-0.25, -0.2) is 0 Å². The zero-order valence-electron chi connectivity index (χ0n) is 30.0. The lowest BCUT2D eigenvalue weighted by atomic mass is 9.66. The van der Waals surface area contributed by atoms with Crippen molar-refractivity contribution in [2.75, 3.05) is 0 Å². The van der Waals surface area contributed by atoms with E-state index in [-0.39, 0.29) is 0 Å². The number of Topliss-reactive ketones (excluding diaryl/α,β-unsaturated/α-hetero) is 1. The average Bonchev–Trinajstić information content (AvgIpc) is 2.80. The Kier molecular flexibility index (Phi) is 2.46. The van der Waals surface area contributed by atoms with E-state index in [9.17, 15) is 12.6 Å². The number of ketones is 1. The van der Waals surface area contributed by atoms with Crippen molar-refractivity contribution in [3.05, 3.63) is 23.3 Å². The monoisotopic (exact) mass is 386 g/mol. The molecule has 3 heteroatoms. The van der Waals surface area contributed by atoms with Crippen molar-refractivity contribution in [2.24, 2.45) is 5.89 Å². The van der Waals surface area contributed by atoms with Gasteiger partial charge in [0, 0.05) is 49.3 Å². The molecule has 0 unspecified atom stereocenters. The Hall–Kier alpha value is -1.51. The fourth-order valence-electron chi connectivity index (χ4n) is 3.52. The van der Waals surface area contributed by atoms with Crippen LogP contribution in [0.1, 0.15) is 122 Å². The lowest BCUT2D eigenvalue weighted by Gasteiger charge is -2.47. The third kappa shape index (κ3) is 4.02. The predicted octanol–water partition coefficient (Wildman–Crippen LogP) is 6.26. The number of phenols is 1. The minimum atomic E-state index is -4.19. The summed E-state index contributed by atoms with van der Waals surface area (Å²) in [5.41, 5.74) is -5.50. The molecular weight excluding hydrogens is 336 g/mol. The first-order valence-corrected chi connectivity index (χ1v) is 9.30. The van der Waals surface area contributed by atoms with E-state index in [2.05, 4.69) is 0 Å². The molecule has 1 aromatic rings. The van der Waals surface area contributed by atoms with Gasteiger partial charge in [0.25, 0.3) is 0 Å². The van der Waals surface area contributed by atoms with Crippen LogP contribution in [0.15, 0.2) is 12.1 Å². The van der Waals surface area contributed by atoms with Crippen LogP contribution in [0.5, 0.6) is 11.5 Å². The number of phenolic OH excluding ortho intramolecular Hbond substituents is 1. The second-order valence-electron chi connectivity index (χ2n) is 7.80. The molecule has 1 aliphatic carbocycles. The molecule has 0 amide bonds. The molecule has 3 nitrogen and oxygen atoms in total. The SMILES string of the molecule is [2H]C([2H])([2H])C1(C([2H])([2H])[2H])Oc2cc(C(C)(C)CCCCCC)cc(O)c2[C@]2([2H])C([2H])([2H])C(=O)C([2H])([2H])C([2H])([2H])[C@@]12[2H]. The second kappa shape index (κ2) is 7.48. The Bertz CT molecular complexity index is 1210. The Morgan fingerprint density at radius 1 is 1.37 bits per heavy atom. The van der Waals surface area contributed by atoms with Gasteiger partial charge in [-0.2, -0.15) is 0 Å². The summed E-state index contributed by atoms with van der Waals surface area (Å²) in [6.45, 7) is -2.36. The van der Waals surface area contributed by atoms with Crippen molar-refractivity contribution in [1.29, 1.82) is 0 Å². The van der Waals surface area contributed by atoms with E-state index in [0.717, 1.165) is 37.8 Å². The largest absolute Gasteiger partial charge is 0.508 e. The molecule has 2 aliphatic rings. The lowest BCUT2D eigenvalue weighted by Crippen LogP contribution is -2.47. The number of unbranched alkanes of at least 4 members (excludes halogenated alkanes) is 3. The Labute approximate surface area is 184 Å². The van der Waals surface area contributed by atoms with Gasteiger partial charge in [-0.05, 0) is 49.6 Å². The molecule has 0 spiro atoms. The zero-order chi connectivity index (χ0) is 32.0. The van der Waals surface area contributed by atoms with E-state index in [1.807, 2.05) is 6.92 Å². The first-order chi connectivity index (χ1) is 18.2. The van der Waals surface area contributed by atoms with Crippen LogP contribution in [0.2, 0.25) is 0 Å². The molecule has 1 aromatic carbocycles. The lowest BCUT2D eigenvalue weighted by molar-refractivity contribution is -0.124. The summed E-state index contributed by atoms with van der Waals surface area (Å²) in [5.74, 6) is -11.9. The van der Waals surface area contributed by atoms with Gasteiger partial charge < -0.3 is 9.84 Å². The second-order valence-corrected chi connectivity index (χ2v) is 7.80. The summed E-state index contributed by atoms with van der Waals surface area (Å²) < 4.78 is 124. The molecule has 0 radical (unpaired) electrons. The van der Waals surface area contributed by atoms with Crippen molar-refractivity contribution in [2.45, 2.75) is 103 Å². The Balaban J connectivity index is 2.54. The van der Waals surface area contributed by atoms with Crippen LogP contribution in [0.25, 0.3) is 0 Å². The highest BCUT2D eigenvalue weighted by Gasteiger charge is 2.47. The van der Waals surface area contributed by atoms with E-state index in [4.69, 9.17) is 21.2 Å². The highest BCUT2D eigenvalue weighted by molar-refractivity contribution is 5.81. The van der Waals surface area contributed by atoms with E-state index >= 15 is 0 Å². The molecule has 1 fully saturated rings. The molecule has 2 atom stereocenters. The number of benzene rings is 1. The molecule has 0 bridgehead atoms. The van der Waals surface area contributed by atoms with E-state index in [1.165, 1.54) is 0 Å². The van der Waals surface area contributed by atoms with Crippen LogP contribution >= 0.6 is 0 Å². The van der Waals surface area contributed by atoms with Crippen molar-refractivity contribution < 1.29 is 33.8 Å². The van der Waals surface area contributed by atoms with Crippen LogP contribution in [-0.2, 0) is 10.2 Å². The van der Waals surface area contributed by atoms with Crippen LogP contribution < -0.4 is 4.74 Å². The molecule has 150 valence electrons. The number of hydrogen-bond donors (Lipinski definition) is 1. The van der Waals surface area contributed by atoms with E-state index in [1.54, 1.807) is 13.8 Å². The van der Waals surface area contributed by atoms with Crippen molar-refractivity contribution >= 4 is 5.78 Å². The van der Waals surface area contributed by atoms with E-state index in [0.29, 0.717) is 12.0 Å². The third-order valence-electron chi connectivity index (χ3n) is 5.17. The minimum absolute atomic E-state index is 0.303. The molecule has 3 rings (SSSR count). The molecule has 0 aromatic heterocycles. The van der Waals surface area contributed by atoms with Crippen molar-refractivity contribution in [3.63, 3.8) is 0 Å². The van der Waals surface area contributed by atoms with Gasteiger partial charge in [0.05, 0.1) is 0 Å². The highest BCUT2D eigenvalue weighted by Crippen LogP contribution is 2.54. The topological polar surface area (TPSA) is 46.5 Å². The number of fused-ring (bicyclic) bond motifs is 3. The molecule has 1 saturated carbocycles. The van der Waals surface area contributed by atoms with Gasteiger partial charge >= 0.3 is 0 Å². The molecule has 1 N–H and O–H groups in total. The van der Waals surface area contributed by atoms with Crippen LogP contribution in [0.3, 0.4) is 0 Å². The quantitative estimate of drug-likeness (QED) is 0.587. The number of aromatic hydroxyl groups is 1. The summed E-state index contributed by atoms with van der Waals surface area (Å²) in [4.78, 5) is 13.2. The molecule has 0 saturated heterocycles. The first-order valence-electron chi connectivity index (χ1n) is 16.3. The van der Waals surface area contributed by atoms with Gasteiger partial charge in [-0.15, -0.1) is 0 Å². The predicted molar refractivity (Wildman–Crippen MR) is 110 cm³/mol. The normalized spacial score (nSPS) is 43.7. The molecule has 1 heterocycles. The number of carbonyl (C=O) groups is 1. The zero-order valence-corrected chi connectivity index (χ0v) is 16.0. The maximum Gasteiger partial charge on any atom is 0.133 e. The number of ether oxygens (including phenoxy) is 1. The first kappa shape index (κ1) is 8.88. The summed E-state index contributed by atoms with van der Waals surface area (Å²) in [7, 11) is 0. The van der Waals surface area contributed by atoms with Gasteiger partial charge in [-0.1, -0.05) is 46.5 Å². The highest BCUT2D eigenvalue weighted by atomic mass is 16.5.